The second-order valence-electron chi connectivity index (χ2n) is 11.0. The van der Waals surface area contributed by atoms with E-state index in [9.17, 15) is 9.59 Å². The Balaban J connectivity index is 1.01. The number of likely N-dealkylation sites (tertiary alicyclic amines) is 1. The van der Waals surface area contributed by atoms with E-state index in [-0.39, 0.29) is 17.7 Å². The summed E-state index contributed by atoms with van der Waals surface area (Å²) in [6, 6.07) is 15.7. The molecule has 4 rings (SSSR count). The Hall–Kier alpha value is -2.34. The highest BCUT2D eigenvalue weighted by molar-refractivity contribution is 6.42. The van der Waals surface area contributed by atoms with Gasteiger partial charge in [-0.15, -0.1) is 0 Å². The fraction of sp³-hybridized carbons (Fsp3) is 0.500. The van der Waals surface area contributed by atoms with E-state index in [0.717, 1.165) is 56.7 Å². The number of hydrogen-bond acceptors (Lipinski definition) is 3. The summed E-state index contributed by atoms with van der Waals surface area (Å²) in [5, 5.41) is 7.12. The molecule has 1 saturated heterocycles. The second kappa shape index (κ2) is 15.4. The van der Waals surface area contributed by atoms with Crippen LogP contribution in [0, 0.1) is 11.8 Å². The number of amides is 2. The van der Waals surface area contributed by atoms with Crippen LogP contribution >= 0.6 is 23.2 Å². The van der Waals surface area contributed by atoms with Gasteiger partial charge in [-0.1, -0.05) is 66.0 Å². The Labute approximate surface area is 243 Å². The predicted molar refractivity (Wildman–Crippen MR) is 161 cm³/mol. The summed E-state index contributed by atoms with van der Waals surface area (Å²) in [6.45, 7) is 4.96. The lowest BCUT2D eigenvalue weighted by molar-refractivity contribution is -0.122. The van der Waals surface area contributed by atoms with E-state index in [2.05, 4.69) is 39.8 Å². The molecule has 210 valence electrons. The van der Waals surface area contributed by atoms with E-state index in [1.807, 2.05) is 12.1 Å². The normalized spacial score (nSPS) is 21.1. The van der Waals surface area contributed by atoms with Crippen molar-refractivity contribution >= 4 is 41.1 Å². The van der Waals surface area contributed by atoms with Crippen LogP contribution < -0.4 is 10.6 Å². The molecule has 7 heteroatoms. The van der Waals surface area contributed by atoms with Crippen LogP contribution in [0.1, 0.15) is 68.4 Å². The monoisotopic (exact) mass is 569 g/mol. The van der Waals surface area contributed by atoms with Crippen LogP contribution in [0.25, 0.3) is 6.08 Å². The SMILES string of the molecule is O=C(C=Cc1ccc(Cl)c(Cl)c1)NCCCCCN1CCCC(CCCNC(=O)[C@@H]2C[C@H]2c2ccccc2)C1. The molecule has 2 aromatic rings. The van der Waals surface area contributed by atoms with Crippen molar-refractivity contribution in [3.05, 3.63) is 75.8 Å². The van der Waals surface area contributed by atoms with Crippen LogP contribution in [0.5, 0.6) is 0 Å². The molecule has 39 heavy (non-hydrogen) atoms. The third-order valence-corrected chi connectivity index (χ3v) is 8.61. The van der Waals surface area contributed by atoms with Crippen molar-refractivity contribution in [2.75, 3.05) is 32.7 Å². The molecular weight excluding hydrogens is 529 g/mol. The van der Waals surface area contributed by atoms with Crippen molar-refractivity contribution in [1.29, 1.82) is 0 Å². The molecule has 0 radical (unpaired) electrons. The molecule has 0 aromatic heterocycles. The first kappa shape index (κ1) is 29.6. The minimum atomic E-state index is -0.0933. The van der Waals surface area contributed by atoms with E-state index in [1.54, 1.807) is 18.2 Å². The molecule has 2 aliphatic rings. The van der Waals surface area contributed by atoms with Crippen LogP contribution in [0.2, 0.25) is 10.0 Å². The van der Waals surface area contributed by atoms with Gasteiger partial charge in [-0.3, -0.25) is 9.59 Å². The molecule has 0 spiro atoms. The van der Waals surface area contributed by atoms with Crippen LogP contribution in [0.3, 0.4) is 0 Å². The Morgan fingerprint density at radius 1 is 0.949 bits per heavy atom. The Morgan fingerprint density at radius 3 is 2.59 bits per heavy atom. The van der Waals surface area contributed by atoms with Crippen LogP contribution in [-0.4, -0.2) is 49.4 Å². The van der Waals surface area contributed by atoms with E-state index in [0.29, 0.717) is 22.5 Å². The topological polar surface area (TPSA) is 61.4 Å². The first-order valence-corrected chi connectivity index (χ1v) is 15.2. The number of carbonyl (C=O) groups excluding carboxylic acids is 2. The summed E-state index contributed by atoms with van der Waals surface area (Å²) >= 11 is 11.9. The Kier molecular flexibility index (Phi) is 11.7. The number of hydrogen-bond donors (Lipinski definition) is 2. The molecule has 1 aliphatic heterocycles. The highest BCUT2D eigenvalue weighted by Gasteiger charge is 2.43. The fourth-order valence-corrected chi connectivity index (χ4v) is 5.88. The molecule has 2 aromatic carbocycles. The van der Waals surface area contributed by atoms with Gasteiger partial charge >= 0.3 is 0 Å². The largest absolute Gasteiger partial charge is 0.356 e. The lowest BCUT2D eigenvalue weighted by Gasteiger charge is -2.32. The van der Waals surface area contributed by atoms with Gasteiger partial charge in [-0.05, 0) is 99.2 Å². The minimum absolute atomic E-state index is 0.0933. The average Bonchev–Trinajstić information content (AvgIpc) is 3.76. The molecule has 1 saturated carbocycles. The highest BCUT2D eigenvalue weighted by Crippen LogP contribution is 2.47. The summed E-state index contributed by atoms with van der Waals surface area (Å²) in [5.74, 6) is 1.44. The summed E-state index contributed by atoms with van der Waals surface area (Å²) in [7, 11) is 0. The van der Waals surface area contributed by atoms with E-state index in [4.69, 9.17) is 23.2 Å². The third-order valence-electron chi connectivity index (χ3n) is 7.87. The number of halogens is 2. The zero-order chi connectivity index (χ0) is 27.5. The van der Waals surface area contributed by atoms with Crippen LogP contribution in [-0.2, 0) is 9.59 Å². The van der Waals surface area contributed by atoms with Gasteiger partial charge in [0.15, 0.2) is 0 Å². The van der Waals surface area contributed by atoms with Crippen molar-refractivity contribution in [3.8, 4) is 0 Å². The van der Waals surface area contributed by atoms with Crippen molar-refractivity contribution in [3.63, 3.8) is 0 Å². The maximum absolute atomic E-state index is 12.5. The van der Waals surface area contributed by atoms with Crippen molar-refractivity contribution in [2.45, 2.75) is 57.3 Å². The molecule has 1 unspecified atom stereocenters. The number of nitrogens with zero attached hydrogens (tertiary/aromatic N) is 1. The predicted octanol–water partition coefficient (Wildman–Crippen LogP) is 6.71. The molecule has 2 N–H and O–H groups in total. The molecule has 3 atom stereocenters. The molecule has 0 bridgehead atoms. The number of nitrogens with one attached hydrogen (secondary N) is 2. The summed E-state index contributed by atoms with van der Waals surface area (Å²) < 4.78 is 0. The number of carbonyl (C=O) groups is 2. The summed E-state index contributed by atoms with van der Waals surface area (Å²) in [5.41, 5.74) is 2.14. The number of piperidine rings is 1. The summed E-state index contributed by atoms with van der Waals surface area (Å²) in [6.07, 6.45) is 12.3. The van der Waals surface area contributed by atoms with Gasteiger partial charge < -0.3 is 15.5 Å². The Morgan fingerprint density at radius 2 is 1.77 bits per heavy atom. The first-order valence-electron chi connectivity index (χ1n) is 14.5. The van der Waals surface area contributed by atoms with Crippen molar-refractivity contribution in [1.82, 2.24) is 15.5 Å². The number of benzene rings is 2. The average molecular weight is 571 g/mol. The molecular formula is C32H41Cl2N3O2. The first-order chi connectivity index (χ1) is 19.0. The van der Waals surface area contributed by atoms with Gasteiger partial charge in [0.2, 0.25) is 11.8 Å². The van der Waals surface area contributed by atoms with E-state index in [1.165, 1.54) is 44.0 Å². The van der Waals surface area contributed by atoms with Crippen LogP contribution in [0.4, 0.5) is 0 Å². The van der Waals surface area contributed by atoms with Gasteiger partial charge in [-0.2, -0.15) is 0 Å². The van der Waals surface area contributed by atoms with Crippen molar-refractivity contribution in [2.24, 2.45) is 11.8 Å². The zero-order valence-corrected chi connectivity index (χ0v) is 24.2. The van der Waals surface area contributed by atoms with Gasteiger partial charge in [-0.25, -0.2) is 0 Å². The maximum atomic E-state index is 12.5. The Bertz CT molecular complexity index is 1110. The van der Waals surface area contributed by atoms with Crippen LogP contribution in [0.15, 0.2) is 54.6 Å². The second-order valence-corrected chi connectivity index (χ2v) is 11.8. The van der Waals surface area contributed by atoms with E-state index < -0.39 is 0 Å². The maximum Gasteiger partial charge on any atom is 0.243 e. The zero-order valence-electron chi connectivity index (χ0n) is 22.7. The van der Waals surface area contributed by atoms with Gasteiger partial charge in [0.1, 0.15) is 0 Å². The van der Waals surface area contributed by atoms with Gasteiger partial charge in [0, 0.05) is 31.6 Å². The smallest absolute Gasteiger partial charge is 0.243 e. The molecule has 5 nitrogen and oxygen atoms in total. The quantitative estimate of drug-likeness (QED) is 0.196. The van der Waals surface area contributed by atoms with E-state index >= 15 is 0 Å². The number of rotatable bonds is 14. The molecule has 2 amide bonds. The standard InChI is InChI=1S/C32H41Cl2N3O2/c33-29-15-13-24(21-30(29)34)14-16-31(38)35-17-5-2-6-19-37-20-8-10-25(23-37)9-7-18-36-32(39)28-22-27(28)26-11-3-1-4-12-26/h1,3-4,11-16,21,25,27-28H,2,5-10,17-20,22-23H2,(H,35,38)(H,36,39)/t25?,27-,28+/m0/s1. The van der Waals surface area contributed by atoms with Gasteiger partial charge in [0.25, 0.3) is 0 Å². The fourth-order valence-electron chi connectivity index (χ4n) is 5.57. The highest BCUT2D eigenvalue weighted by atomic mass is 35.5. The summed E-state index contributed by atoms with van der Waals surface area (Å²) in [4.78, 5) is 27.1. The van der Waals surface area contributed by atoms with Gasteiger partial charge in [0.05, 0.1) is 10.0 Å². The van der Waals surface area contributed by atoms with Crippen molar-refractivity contribution < 1.29 is 9.59 Å². The lowest BCUT2D eigenvalue weighted by atomic mass is 9.93. The third kappa shape index (κ3) is 9.97. The number of unbranched alkanes of at least 4 members (excludes halogenated alkanes) is 2. The molecule has 2 fully saturated rings. The lowest BCUT2D eigenvalue weighted by Crippen LogP contribution is -2.36. The molecule has 1 aliphatic carbocycles. The molecule has 1 heterocycles. The minimum Gasteiger partial charge on any atom is -0.356 e.